The van der Waals surface area contributed by atoms with Gasteiger partial charge in [-0.1, -0.05) is 39.8 Å². The summed E-state index contributed by atoms with van der Waals surface area (Å²) in [6, 6.07) is 7.38. The molecular formula is C16H27N. The molecule has 0 amide bonds. The second kappa shape index (κ2) is 6.09. The SMILES string of the molecule is CC.CC(C)c1cccc2c1CCN2C(C)C. The summed E-state index contributed by atoms with van der Waals surface area (Å²) in [4.78, 5) is 2.52. The summed E-state index contributed by atoms with van der Waals surface area (Å²) in [6.45, 7) is 14.3. The molecule has 0 fully saturated rings. The monoisotopic (exact) mass is 233 g/mol. The molecule has 1 aromatic rings. The second-order valence-corrected chi connectivity index (χ2v) is 5.04. The van der Waals surface area contributed by atoms with E-state index in [0.717, 1.165) is 0 Å². The Hall–Kier alpha value is -0.980. The molecule has 0 unspecified atom stereocenters. The molecule has 1 aromatic carbocycles. The Morgan fingerprint density at radius 1 is 1.06 bits per heavy atom. The van der Waals surface area contributed by atoms with Gasteiger partial charge in [-0.15, -0.1) is 0 Å². The first kappa shape index (κ1) is 14.1. The van der Waals surface area contributed by atoms with Crippen molar-refractivity contribution in [2.24, 2.45) is 0 Å². The molecule has 0 aromatic heterocycles. The van der Waals surface area contributed by atoms with Crippen LogP contribution in [0.25, 0.3) is 0 Å². The van der Waals surface area contributed by atoms with Gasteiger partial charge in [0.25, 0.3) is 0 Å². The van der Waals surface area contributed by atoms with Crippen LogP contribution in [-0.4, -0.2) is 12.6 Å². The van der Waals surface area contributed by atoms with Crippen molar-refractivity contribution in [3.8, 4) is 0 Å². The van der Waals surface area contributed by atoms with Crippen molar-refractivity contribution < 1.29 is 0 Å². The van der Waals surface area contributed by atoms with Crippen LogP contribution in [0.3, 0.4) is 0 Å². The van der Waals surface area contributed by atoms with Crippen LogP contribution in [0.1, 0.15) is 58.6 Å². The van der Waals surface area contributed by atoms with Crippen LogP contribution < -0.4 is 4.90 Å². The summed E-state index contributed by atoms with van der Waals surface area (Å²) in [5, 5.41) is 0. The molecule has 0 spiro atoms. The Kier molecular flexibility index (Phi) is 5.04. The van der Waals surface area contributed by atoms with Crippen molar-refractivity contribution in [2.75, 3.05) is 11.4 Å². The van der Waals surface area contributed by atoms with Gasteiger partial charge in [0.1, 0.15) is 0 Å². The van der Waals surface area contributed by atoms with Gasteiger partial charge in [-0.3, -0.25) is 0 Å². The van der Waals surface area contributed by atoms with Crippen molar-refractivity contribution in [1.29, 1.82) is 0 Å². The first-order valence-corrected chi connectivity index (χ1v) is 6.99. The number of hydrogen-bond acceptors (Lipinski definition) is 1. The fraction of sp³-hybridized carbons (Fsp3) is 0.625. The minimum atomic E-state index is 0.619. The Labute approximate surface area is 107 Å². The van der Waals surface area contributed by atoms with Gasteiger partial charge >= 0.3 is 0 Å². The molecule has 0 N–H and O–H groups in total. The Morgan fingerprint density at radius 2 is 1.71 bits per heavy atom. The average molecular weight is 233 g/mol. The largest absolute Gasteiger partial charge is 0.369 e. The van der Waals surface area contributed by atoms with Crippen LogP contribution in [0.5, 0.6) is 0 Å². The molecule has 1 aliphatic heterocycles. The summed E-state index contributed by atoms with van der Waals surface area (Å²) in [5.74, 6) is 0.645. The van der Waals surface area contributed by atoms with E-state index in [9.17, 15) is 0 Å². The smallest absolute Gasteiger partial charge is 0.0404 e. The van der Waals surface area contributed by atoms with E-state index in [1.165, 1.54) is 24.2 Å². The van der Waals surface area contributed by atoms with E-state index in [1.54, 1.807) is 5.56 Å². The molecule has 0 atom stereocenters. The quantitative estimate of drug-likeness (QED) is 0.721. The van der Waals surface area contributed by atoms with Gasteiger partial charge in [-0.25, -0.2) is 0 Å². The first-order valence-electron chi connectivity index (χ1n) is 6.99. The number of hydrogen-bond donors (Lipinski definition) is 0. The van der Waals surface area contributed by atoms with Crippen LogP contribution in [0, 0.1) is 0 Å². The highest BCUT2D eigenvalue weighted by Gasteiger charge is 2.23. The van der Waals surface area contributed by atoms with Crippen molar-refractivity contribution in [1.82, 2.24) is 0 Å². The summed E-state index contributed by atoms with van der Waals surface area (Å²) >= 11 is 0. The standard InChI is InChI=1S/C14H21N.C2H6/c1-10(2)12-6-5-7-14-13(12)8-9-15(14)11(3)4;1-2/h5-7,10-11H,8-9H2,1-4H3;1-2H3. The summed E-state index contributed by atoms with van der Waals surface area (Å²) in [6.07, 6.45) is 1.22. The Morgan fingerprint density at radius 3 is 2.24 bits per heavy atom. The summed E-state index contributed by atoms with van der Waals surface area (Å²) in [7, 11) is 0. The van der Waals surface area contributed by atoms with Gasteiger partial charge in [-0.2, -0.15) is 0 Å². The fourth-order valence-electron chi connectivity index (χ4n) is 2.56. The van der Waals surface area contributed by atoms with E-state index in [1.807, 2.05) is 13.8 Å². The lowest BCUT2D eigenvalue weighted by molar-refractivity contribution is 0.710. The predicted molar refractivity (Wildman–Crippen MR) is 78.1 cm³/mol. The predicted octanol–water partition coefficient (Wildman–Crippen LogP) is 4.61. The third-order valence-electron chi connectivity index (χ3n) is 3.35. The molecule has 96 valence electrons. The number of nitrogens with zero attached hydrogens (tertiary/aromatic N) is 1. The maximum absolute atomic E-state index is 2.52. The van der Waals surface area contributed by atoms with Crippen molar-refractivity contribution in [3.63, 3.8) is 0 Å². The summed E-state index contributed by atoms with van der Waals surface area (Å²) < 4.78 is 0. The zero-order chi connectivity index (χ0) is 13.0. The minimum absolute atomic E-state index is 0.619. The number of benzene rings is 1. The van der Waals surface area contributed by atoms with Gasteiger partial charge in [0.15, 0.2) is 0 Å². The minimum Gasteiger partial charge on any atom is -0.369 e. The van der Waals surface area contributed by atoms with Crippen LogP contribution in [-0.2, 0) is 6.42 Å². The van der Waals surface area contributed by atoms with E-state index in [2.05, 4.69) is 50.8 Å². The zero-order valence-electron chi connectivity index (χ0n) is 12.2. The molecule has 1 aliphatic rings. The molecule has 0 saturated heterocycles. The highest BCUT2D eigenvalue weighted by molar-refractivity contribution is 5.61. The van der Waals surface area contributed by atoms with Gasteiger partial charge in [0.2, 0.25) is 0 Å². The van der Waals surface area contributed by atoms with Crippen molar-refractivity contribution in [2.45, 2.75) is 59.9 Å². The van der Waals surface area contributed by atoms with E-state index in [0.29, 0.717) is 12.0 Å². The van der Waals surface area contributed by atoms with Gasteiger partial charge in [0, 0.05) is 18.3 Å². The third-order valence-corrected chi connectivity index (χ3v) is 3.35. The normalized spacial score (nSPS) is 13.8. The molecule has 1 heteroatoms. The van der Waals surface area contributed by atoms with Crippen LogP contribution in [0.4, 0.5) is 5.69 Å². The number of rotatable bonds is 2. The molecule has 1 heterocycles. The highest BCUT2D eigenvalue weighted by Crippen LogP contribution is 2.34. The molecule has 0 saturated carbocycles. The van der Waals surface area contributed by atoms with Crippen molar-refractivity contribution >= 4 is 5.69 Å². The lowest BCUT2D eigenvalue weighted by Crippen LogP contribution is -2.28. The zero-order valence-corrected chi connectivity index (χ0v) is 12.2. The highest BCUT2D eigenvalue weighted by atomic mass is 15.2. The lowest BCUT2D eigenvalue weighted by atomic mass is 9.95. The van der Waals surface area contributed by atoms with Gasteiger partial charge < -0.3 is 4.90 Å². The average Bonchev–Trinajstić information content (AvgIpc) is 2.74. The lowest BCUT2D eigenvalue weighted by Gasteiger charge is -2.24. The molecule has 1 nitrogen and oxygen atoms in total. The molecule has 17 heavy (non-hydrogen) atoms. The van der Waals surface area contributed by atoms with Gasteiger partial charge in [-0.05, 0) is 43.4 Å². The van der Waals surface area contributed by atoms with E-state index < -0.39 is 0 Å². The fourth-order valence-corrected chi connectivity index (χ4v) is 2.56. The third kappa shape index (κ3) is 2.83. The Bertz CT molecular complexity index is 353. The molecular weight excluding hydrogens is 206 g/mol. The molecule has 2 rings (SSSR count). The molecule has 0 aliphatic carbocycles. The van der Waals surface area contributed by atoms with E-state index in [-0.39, 0.29) is 0 Å². The maximum Gasteiger partial charge on any atom is 0.0404 e. The summed E-state index contributed by atoms with van der Waals surface area (Å²) in [5.41, 5.74) is 4.59. The van der Waals surface area contributed by atoms with Crippen LogP contribution in [0.15, 0.2) is 18.2 Å². The van der Waals surface area contributed by atoms with Gasteiger partial charge in [0.05, 0.1) is 0 Å². The maximum atomic E-state index is 2.52. The van der Waals surface area contributed by atoms with Crippen LogP contribution >= 0.6 is 0 Å². The van der Waals surface area contributed by atoms with E-state index in [4.69, 9.17) is 0 Å². The molecule has 0 radical (unpaired) electrons. The Balaban J connectivity index is 0.000000686. The molecule has 0 bridgehead atoms. The number of anilines is 1. The first-order chi connectivity index (χ1) is 8.11. The van der Waals surface area contributed by atoms with Crippen molar-refractivity contribution in [3.05, 3.63) is 29.3 Å². The number of fused-ring (bicyclic) bond motifs is 1. The topological polar surface area (TPSA) is 3.24 Å². The van der Waals surface area contributed by atoms with E-state index >= 15 is 0 Å². The second-order valence-electron chi connectivity index (χ2n) is 5.04. The van der Waals surface area contributed by atoms with Crippen LogP contribution in [0.2, 0.25) is 0 Å².